The molecule has 1 atom stereocenters. The number of carbonyl (C=O) groups excluding carboxylic acids is 2. The first-order valence-corrected chi connectivity index (χ1v) is 11.0. The van der Waals surface area contributed by atoms with Gasteiger partial charge in [-0.25, -0.2) is 4.98 Å². The van der Waals surface area contributed by atoms with Crippen LogP contribution in [0.1, 0.15) is 48.9 Å². The van der Waals surface area contributed by atoms with Crippen molar-refractivity contribution in [1.29, 1.82) is 0 Å². The molecule has 0 spiro atoms. The van der Waals surface area contributed by atoms with Crippen LogP contribution in [0.2, 0.25) is 0 Å². The first kappa shape index (κ1) is 25.5. The zero-order valence-corrected chi connectivity index (χ0v) is 19.9. The molecule has 3 N–H and O–H groups in total. The third-order valence-electron chi connectivity index (χ3n) is 5.86. The van der Waals surface area contributed by atoms with Crippen molar-refractivity contribution in [3.05, 3.63) is 35.2 Å². The van der Waals surface area contributed by atoms with Crippen molar-refractivity contribution in [2.75, 3.05) is 20.6 Å². The first-order chi connectivity index (χ1) is 15.8. The van der Waals surface area contributed by atoms with Crippen molar-refractivity contribution >= 4 is 11.8 Å². The van der Waals surface area contributed by atoms with Crippen LogP contribution in [0.4, 0.5) is 13.2 Å². The molecule has 0 fully saturated rings. The number of benzene rings is 1. The molecule has 186 valence electrons. The van der Waals surface area contributed by atoms with Crippen LogP contribution in [0.3, 0.4) is 0 Å². The number of hydrogen-bond acceptors (Lipinski definition) is 5. The van der Waals surface area contributed by atoms with E-state index in [0.717, 1.165) is 6.07 Å². The quantitative estimate of drug-likeness (QED) is 0.624. The second-order valence-electron chi connectivity index (χ2n) is 9.56. The number of aromatic hydroxyl groups is 1. The fourth-order valence-corrected chi connectivity index (χ4v) is 4.08. The van der Waals surface area contributed by atoms with E-state index >= 15 is 0 Å². The van der Waals surface area contributed by atoms with Crippen LogP contribution in [0.15, 0.2) is 18.2 Å². The minimum absolute atomic E-state index is 0.0127. The van der Waals surface area contributed by atoms with Crippen LogP contribution >= 0.6 is 0 Å². The number of likely N-dealkylation sites (N-methyl/N-ethyl adjacent to an activating group) is 1. The summed E-state index contributed by atoms with van der Waals surface area (Å²) in [6.07, 6.45) is -4.07. The van der Waals surface area contributed by atoms with Gasteiger partial charge in [-0.1, -0.05) is 26.8 Å². The molecule has 34 heavy (non-hydrogen) atoms. The lowest BCUT2D eigenvalue weighted by Crippen LogP contribution is -2.53. The Kier molecular flexibility index (Phi) is 6.97. The summed E-state index contributed by atoms with van der Waals surface area (Å²) in [5.74, 6) is -1.85. The topological polar surface area (TPSA) is 99.5 Å². The van der Waals surface area contributed by atoms with Crippen LogP contribution < -0.4 is 10.6 Å². The van der Waals surface area contributed by atoms with E-state index in [2.05, 4.69) is 15.6 Å². The summed E-state index contributed by atoms with van der Waals surface area (Å²) in [6.45, 7) is 6.86. The summed E-state index contributed by atoms with van der Waals surface area (Å²) in [4.78, 5) is 32.2. The molecule has 1 aliphatic heterocycles. The van der Waals surface area contributed by atoms with E-state index in [4.69, 9.17) is 0 Å². The molecule has 2 heterocycles. The predicted octanol–water partition coefficient (Wildman–Crippen LogP) is 3.00. The van der Waals surface area contributed by atoms with E-state index in [1.165, 1.54) is 19.2 Å². The molecule has 0 radical (unpaired) electrons. The Balaban J connectivity index is 2.14. The molecular formula is C23H30F3N5O3. The normalized spacial score (nSPS) is 15.9. The Morgan fingerprint density at radius 2 is 1.85 bits per heavy atom. The summed E-state index contributed by atoms with van der Waals surface area (Å²) in [5, 5.41) is 15.7. The van der Waals surface area contributed by atoms with Gasteiger partial charge in [0.2, 0.25) is 5.91 Å². The van der Waals surface area contributed by atoms with Crippen molar-refractivity contribution in [1.82, 2.24) is 25.1 Å². The number of phenolic OH excluding ortho intramolecular Hbond substituents is 1. The van der Waals surface area contributed by atoms with Crippen molar-refractivity contribution < 1.29 is 27.9 Å². The number of imidazole rings is 1. The van der Waals surface area contributed by atoms with Gasteiger partial charge in [0.1, 0.15) is 17.6 Å². The SMILES string of the molecule is CNC(=O)[C@@H](NC(=O)c1nc(-c2cccc(C(F)(F)F)c2O)n2c1CN(C)CCC2)C(C)(C)C. The number of carbonyl (C=O) groups is 2. The van der Waals surface area contributed by atoms with Crippen LogP contribution in [-0.4, -0.2) is 58.1 Å². The van der Waals surface area contributed by atoms with Crippen LogP contribution in [0.5, 0.6) is 5.75 Å². The zero-order valence-electron chi connectivity index (χ0n) is 19.9. The highest BCUT2D eigenvalue weighted by Crippen LogP contribution is 2.41. The highest BCUT2D eigenvalue weighted by molar-refractivity contribution is 5.98. The molecule has 2 amide bonds. The second kappa shape index (κ2) is 9.28. The maximum Gasteiger partial charge on any atom is 0.419 e. The van der Waals surface area contributed by atoms with Gasteiger partial charge in [0.25, 0.3) is 5.91 Å². The molecule has 11 heteroatoms. The number of fused-ring (bicyclic) bond motifs is 1. The summed E-state index contributed by atoms with van der Waals surface area (Å²) in [5.41, 5.74) is -1.37. The summed E-state index contributed by atoms with van der Waals surface area (Å²) in [6, 6.07) is 2.47. The number of nitrogens with zero attached hydrogens (tertiary/aromatic N) is 3. The minimum atomic E-state index is -4.75. The summed E-state index contributed by atoms with van der Waals surface area (Å²) >= 11 is 0. The van der Waals surface area contributed by atoms with E-state index < -0.39 is 34.9 Å². The number of para-hydroxylation sites is 1. The summed E-state index contributed by atoms with van der Waals surface area (Å²) < 4.78 is 41.9. The first-order valence-electron chi connectivity index (χ1n) is 11.0. The maximum absolute atomic E-state index is 13.4. The molecule has 8 nitrogen and oxygen atoms in total. The summed E-state index contributed by atoms with van der Waals surface area (Å²) in [7, 11) is 3.34. The number of nitrogens with one attached hydrogen (secondary N) is 2. The van der Waals surface area contributed by atoms with E-state index in [9.17, 15) is 27.9 Å². The average molecular weight is 482 g/mol. The minimum Gasteiger partial charge on any atom is -0.507 e. The molecule has 1 aromatic carbocycles. The molecule has 1 aromatic heterocycles. The largest absolute Gasteiger partial charge is 0.507 e. The fraction of sp³-hybridized carbons (Fsp3) is 0.522. The Morgan fingerprint density at radius 1 is 1.18 bits per heavy atom. The van der Waals surface area contributed by atoms with Gasteiger partial charge >= 0.3 is 6.18 Å². The standard InChI is InChI=1S/C23H30F3N5O3/c1-22(2,3)18(21(34)27-4)29-20(33)16-15-12-30(5)10-7-11-31(15)19(28-16)13-8-6-9-14(17(13)32)23(24,25)26/h6,8-9,18,32H,7,10-12H2,1-5H3,(H,27,34)(H,29,33)/t18-/m1/s1. The highest BCUT2D eigenvalue weighted by Gasteiger charge is 2.37. The van der Waals surface area contributed by atoms with Crippen molar-refractivity contribution in [2.24, 2.45) is 5.41 Å². The van der Waals surface area contributed by atoms with E-state index in [1.54, 1.807) is 25.3 Å². The number of rotatable bonds is 4. The van der Waals surface area contributed by atoms with Crippen LogP contribution in [0, 0.1) is 5.41 Å². The van der Waals surface area contributed by atoms with Gasteiger partial charge in [0.15, 0.2) is 5.69 Å². The Labute approximate surface area is 196 Å². The molecular weight excluding hydrogens is 451 g/mol. The number of amides is 2. The second-order valence-corrected chi connectivity index (χ2v) is 9.56. The Morgan fingerprint density at radius 3 is 2.44 bits per heavy atom. The van der Waals surface area contributed by atoms with E-state index in [1.807, 2.05) is 11.9 Å². The molecule has 2 aromatic rings. The molecule has 3 rings (SSSR count). The third kappa shape index (κ3) is 5.03. The van der Waals surface area contributed by atoms with Gasteiger partial charge in [-0.2, -0.15) is 13.2 Å². The number of hydrogen-bond donors (Lipinski definition) is 3. The highest BCUT2D eigenvalue weighted by atomic mass is 19.4. The molecule has 0 aliphatic carbocycles. The predicted molar refractivity (Wildman–Crippen MR) is 120 cm³/mol. The molecule has 0 bridgehead atoms. The third-order valence-corrected chi connectivity index (χ3v) is 5.86. The van der Waals surface area contributed by atoms with Gasteiger partial charge in [-0.15, -0.1) is 0 Å². The van der Waals surface area contributed by atoms with Crippen LogP contribution in [-0.2, 0) is 24.1 Å². The molecule has 0 saturated carbocycles. The van der Waals surface area contributed by atoms with Gasteiger partial charge in [0, 0.05) is 20.1 Å². The van der Waals surface area contributed by atoms with E-state index in [0.29, 0.717) is 31.7 Å². The lowest BCUT2D eigenvalue weighted by atomic mass is 9.86. The number of phenols is 1. The molecule has 0 saturated heterocycles. The molecule has 0 unspecified atom stereocenters. The lowest BCUT2D eigenvalue weighted by molar-refractivity contribution is -0.138. The maximum atomic E-state index is 13.4. The number of halogens is 3. The number of alkyl halides is 3. The smallest absolute Gasteiger partial charge is 0.419 e. The van der Waals surface area contributed by atoms with Crippen LogP contribution in [0.25, 0.3) is 11.4 Å². The van der Waals surface area contributed by atoms with Gasteiger partial charge in [-0.3, -0.25) is 9.59 Å². The van der Waals surface area contributed by atoms with Crippen molar-refractivity contribution in [3.63, 3.8) is 0 Å². The van der Waals surface area contributed by atoms with E-state index in [-0.39, 0.29) is 23.0 Å². The average Bonchev–Trinajstić information content (AvgIpc) is 2.95. The monoisotopic (exact) mass is 481 g/mol. The van der Waals surface area contributed by atoms with Gasteiger partial charge in [0.05, 0.1) is 16.8 Å². The lowest BCUT2D eigenvalue weighted by Gasteiger charge is -2.29. The fourth-order valence-electron chi connectivity index (χ4n) is 4.08. The number of aromatic nitrogens is 2. The zero-order chi connectivity index (χ0) is 25.4. The van der Waals surface area contributed by atoms with Crippen molar-refractivity contribution in [2.45, 2.75) is 52.5 Å². The van der Waals surface area contributed by atoms with Crippen molar-refractivity contribution in [3.8, 4) is 17.1 Å². The van der Waals surface area contributed by atoms with Gasteiger partial charge < -0.3 is 25.2 Å². The Hall–Kier alpha value is -3.08. The Bertz CT molecular complexity index is 1090. The van der Waals surface area contributed by atoms with Gasteiger partial charge in [-0.05, 0) is 37.6 Å². The molecule has 1 aliphatic rings.